The standard InChI is InChI=1S/C71H96ClF9N12O13/c1-10-42(2)58-65(103)87(5)40-56(96)85(3)41-57(97)88(6)51(36-44-20-24-46(25-21-44)70(76,77)78)63(101)86(4)39-54(94)82-49(27-23-43-22-26-47(48(72)35-43)71(79,80)81)62(100)93-30-16-19-50(93)61(99)84-68(28-14-15-29-68)67(105)91(9)59(45-17-12-11-13-18-45)66(104)90(8)52(64(102)92-31-33-106-34-32-92)37-55(95)89(7)53(60(98)83-58)38-69(73,74)75/h20-22,24-26,35,42,45,49-53,58-59H,10-19,23,27-34,36-41H2,1-9H3,(H,82,94)(H,83,98)(H,84,99)/t42-,49-,50?,51-,52-,53-,58-,59-/m0/s1. The minimum atomic E-state index is -5.16. The number of nitrogens with one attached hydrogen (secondary N) is 3. The zero-order valence-corrected chi connectivity index (χ0v) is 61.8. The van der Waals surface area contributed by atoms with Gasteiger partial charge in [0.05, 0.1) is 61.8 Å². The smallest absolute Gasteiger partial charge is 0.378 e. The third-order valence-electron chi connectivity index (χ3n) is 21.2. The van der Waals surface area contributed by atoms with E-state index in [1.54, 1.807) is 6.92 Å². The van der Waals surface area contributed by atoms with Crippen molar-refractivity contribution in [2.45, 2.75) is 189 Å². The first-order valence-electron chi connectivity index (χ1n) is 35.6. The van der Waals surface area contributed by atoms with Crippen LogP contribution in [0.3, 0.4) is 0 Å². The highest BCUT2D eigenvalue weighted by atomic mass is 35.5. The molecule has 3 saturated heterocycles. The van der Waals surface area contributed by atoms with Gasteiger partial charge in [-0.3, -0.25) is 57.5 Å². The van der Waals surface area contributed by atoms with Crippen molar-refractivity contribution in [1.82, 2.24) is 60.0 Å². The Hall–Kier alpha value is -8.30. The molecule has 3 heterocycles. The van der Waals surface area contributed by atoms with Gasteiger partial charge in [0, 0.05) is 75.4 Å². The molecule has 3 aliphatic heterocycles. The van der Waals surface area contributed by atoms with Gasteiger partial charge in [0.15, 0.2) is 0 Å². The predicted molar refractivity (Wildman–Crippen MR) is 366 cm³/mol. The van der Waals surface area contributed by atoms with Gasteiger partial charge < -0.3 is 64.8 Å². The molecule has 2 saturated carbocycles. The average molecular weight is 1530 g/mol. The van der Waals surface area contributed by atoms with Crippen molar-refractivity contribution in [3.05, 3.63) is 69.7 Å². The summed E-state index contributed by atoms with van der Waals surface area (Å²) >= 11 is 6.11. The summed E-state index contributed by atoms with van der Waals surface area (Å²) in [5, 5.41) is 7.24. The molecular weight excluding hydrogens is 1440 g/mol. The highest BCUT2D eigenvalue weighted by Crippen LogP contribution is 2.39. The van der Waals surface area contributed by atoms with E-state index in [1.165, 1.54) is 35.7 Å². The quantitative estimate of drug-likeness (QED) is 0.249. The molecule has 0 radical (unpaired) electrons. The highest BCUT2D eigenvalue weighted by molar-refractivity contribution is 6.31. The van der Waals surface area contributed by atoms with E-state index in [2.05, 4.69) is 16.0 Å². The number of fused-ring (bicyclic) bond motifs is 1. The lowest BCUT2D eigenvalue weighted by Gasteiger charge is -2.43. The van der Waals surface area contributed by atoms with E-state index in [1.807, 2.05) is 0 Å². The summed E-state index contributed by atoms with van der Waals surface area (Å²) in [5.74, 6) is -13.2. The molecular formula is C71H96ClF9N12O13. The molecule has 1 spiro atoms. The topological polar surface area (TPSA) is 279 Å². The minimum absolute atomic E-state index is 0.0119. The number of hydrogen-bond donors (Lipinski definition) is 3. The number of halogens is 10. The zero-order chi connectivity index (χ0) is 78.7. The van der Waals surface area contributed by atoms with E-state index in [0.717, 1.165) is 109 Å². The van der Waals surface area contributed by atoms with Gasteiger partial charge in [-0.1, -0.05) is 82.2 Å². The molecule has 3 N–H and O–H groups in total. The Morgan fingerprint density at radius 1 is 0.613 bits per heavy atom. The van der Waals surface area contributed by atoms with Crippen molar-refractivity contribution in [3.8, 4) is 0 Å². The fourth-order valence-electron chi connectivity index (χ4n) is 14.5. The molecule has 2 aromatic carbocycles. The second-order valence-corrected chi connectivity index (χ2v) is 29.0. The van der Waals surface area contributed by atoms with E-state index in [0.29, 0.717) is 43.4 Å². The molecule has 2 aromatic rings. The summed E-state index contributed by atoms with van der Waals surface area (Å²) < 4.78 is 133. The third-order valence-corrected chi connectivity index (χ3v) is 21.5. The van der Waals surface area contributed by atoms with Crippen molar-refractivity contribution in [2.24, 2.45) is 11.8 Å². The second kappa shape index (κ2) is 36.1. The lowest BCUT2D eigenvalue weighted by Crippen LogP contribution is -2.65. The Balaban J connectivity index is 1.31. The Morgan fingerprint density at radius 3 is 1.79 bits per heavy atom. The summed E-state index contributed by atoms with van der Waals surface area (Å²) in [6, 6.07) is -5.42. The van der Waals surface area contributed by atoms with Crippen molar-refractivity contribution in [2.75, 3.05) is 102 Å². The van der Waals surface area contributed by atoms with Gasteiger partial charge >= 0.3 is 18.5 Å². The fraction of sp³-hybridized carbons (Fsp3) is 0.662. The number of likely N-dealkylation sites (N-methyl/N-ethyl adjacent to an activating group) is 7. The van der Waals surface area contributed by atoms with Crippen LogP contribution in [0.2, 0.25) is 5.02 Å². The first-order chi connectivity index (χ1) is 49.6. The molecule has 106 heavy (non-hydrogen) atoms. The van der Waals surface area contributed by atoms with E-state index >= 15 is 19.2 Å². The van der Waals surface area contributed by atoms with Crippen molar-refractivity contribution < 1.29 is 102 Å². The number of morpholine rings is 1. The van der Waals surface area contributed by atoms with Gasteiger partial charge in [-0.05, 0) is 98.6 Å². The van der Waals surface area contributed by atoms with Gasteiger partial charge in [-0.25, -0.2) is 0 Å². The summed E-state index contributed by atoms with van der Waals surface area (Å²) in [4.78, 5) is 186. The molecule has 25 nitrogen and oxygen atoms in total. The molecule has 5 fully saturated rings. The van der Waals surface area contributed by atoms with Crippen molar-refractivity contribution in [1.29, 1.82) is 0 Å². The molecule has 12 amide bonds. The lowest BCUT2D eigenvalue weighted by atomic mass is 9.81. The number of aryl methyl sites for hydroxylation is 1. The highest BCUT2D eigenvalue weighted by Gasteiger charge is 2.52. The molecule has 588 valence electrons. The molecule has 7 rings (SSSR count). The van der Waals surface area contributed by atoms with Crippen molar-refractivity contribution >= 4 is 82.5 Å². The maximum atomic E-state index is 15.7. The molecule has 0 aromatic heterocycles. The van der Waals surface area contributed by atoms with Crippen LogP contribution in [-0.4, -0.2) is 271 Å². The first-order valence-corrected chi connectivity index (χ1v) is 35.9. The van der Waals surface area contributed by atoms with Crippen LogP contribution in [0.4, 0.5) is 39.5 Å². The minimum Gasteiger partial charge on any atom is -0.378 e. The summed E-state index contributed by atoms with van der Waals surface area (Å²) in [5.41, 5.74) is -3.68. The average Bonchev–Trinajstić information content (AvgIpc) is 1.61. The van der Waals surface area contributed by atoms with Crippen LogP contribution in [0, 0.1) is 11.8 Å². The number of ether oxygens (including phenoxy) is 1. The number of rotatable bonds is 10. The number of carbonyl (C=O) groups excluding carboxylic acids is 12. The summed E-state index contributed by atoms with van der Waals surface area (Å²) in [7, 11) is 8.01. The normalized spacial score (nSPS) is 25.3. The van der Waals surface area contributed by atoms with Gasteiger partial charge in [0.2, 0.25) is 70.9 Å². The summed E-state index contributed by atoms with van der Waals surface area (Å²) in [6.45, 7) is 0.423. The van der Waals surface area contributed by atoms with E-state index < -0.39 is 204 Å². The lowest BCUT2D eigenvalue weighted by molar-refractivity contribution is -0.164. The molecule has 5 aliphatic rings. The molecule has 2 aliphatic carbocycles. The van der Waals surface area contributed by atoms with Gasteiger partial charge in [0.25, 0.3) is 0 Å². The molecule has 35 heteroatoms. The number of nitrogens with zero attached hydrogens (tertiary/aromatic N) is 9. The van der Waals surface area contributed by atoms with Gasteiger partial charge in [-0.15, -0.1) is 0 Å². The summed E-state index contributed by atoms with van der Waals surface area (Å²) in [6.07, 6.45) is -14.9. The Kier molecular flexibility index (Phi) is 28.9. The third kappa shape index (κ3) is 21.3. The maximum Gasteiger partial charge on any atom is 0.417 e. The van der Waals surface area contributed by atoms with Crippen LogP contribution in [0.1, 0.15) is 132 Å². The molecule has 8 atom stereocenters. The van der Waals surface area contributed by atoms with Crippen LogP contribution >= 0.6 is 11.6 Å². The SMILES string of the molecule is CC[C@H](C)[C@@H]1NC(=O)[C@H](CC(F)(F)F)N(C)C(=O)C[C@@H](C(=O)N2CCOCC2)N(C)C(=O)[C@H](C2CCCCC2)N(C)C(=O)C2(CCCC2)NC(=O)C2CCCN2C(=O)[C@H](CCc2ccc(C(F)(F)F)c(Cl)c2)NC(=O)CN(C)C(=O)[C@H](Cc2ccc(C(F)(F)F)cc2)N(C)C(=O)CN(C)C(=O)CN(C)C1=O. The van der Waals surface area contributed by atoms with Gasteiger partial charge in [0.1, 0.15) is 47.8 Å². The predicted octanol–water partition coefficient (Wildman–Crippen LogP) is 5.47. The first kappa shape index (κ1) is 85.0. The van der Waals surface area contributed by atoms with Crippen LogP contribution in [0.25, 0.3) is 0 Å². The van der Waals surface area contributed by atoms with Crippen LogP contribution < -0.4 is 16.0 Å². The van der Waals surface area contributed by atoms with Crippen molar-refractivity contribution in [3.63, 3.8) is 0 Å². The molecule has 0 bridgehead atoms. The van der Waals surface area contributed by atoms with Crippen LogP contribution in [-0.2, 0) is 87.5 Å². The number of carbonyl (C=O) groups is 12. The van der Waals surface area contributed by atoms with Crippen LogP contribution in [0.15, 0.2) is 42.5 Å². The number of hydrogen-bond acceptors (Lipinski definition) is 13. The Morgan fingerprint density at radius 2 is 1.21 bits per heavy atom. The maximum absolute atomic E-state index is 15.7. The molecule has 1 unspecified atom stereocenters. The number of alkyl halides is 9. The largest absolute Gasteiger partial charge is 0.417 e. The van der Waals surface area contributed by atoms with Gasteiger partial charge in [-0.2, -0.15) is 39.5 Å². The van der Waals surface area contributed by atoms with E-state index in [-0.39, 0.29) is 88.9 Å². The van der Waals surface area contributed by atoms with Crippen LogP contribution in [0.5, 0.6) is 0 Å². The zero-order valence-electron chi connectivity index (χ0n) is 61.0. The van der Waals surface area contributed by atoms with E-state index in [4.69, 9.17) is 16.3 Å². The second-order valence-electron chi connectivity index (χ2n) is 28.6. The monoisotopic (exact) mass is 1530 g/mol. The Labute approximate surface area is 614 Å². The number of amides is 12. The van der Waals surface area contributed by atoms with E-state index in [9.17, 15) is 77.9 Å². The number of benzene rings is 2. The fourth-order valence-corrected chi connectivity index (χ4v) is 14.8. The Bertz CT molecular complexity index is 3530.